The van der Waals surface area contributed by atoms with E-state index in [1.807, 2.05) is 0 Å². The van der Waals surface area contributed by atoms with Crippen LogP contribution in [0.25, 0.3) is 0 Å². The molecule has 1 rings (SSSR count). The Hall–Kier alpha value is -2.79. The van der Waals surface area contributed by atoms with Crippen LogP contribution >= 0.6 is 0 Å². The highest BCUT2D eigenvalue weighted by Crippen LogP contribution is 2.18. The van der Waals surface area contributed by atoms with Crippen molar-refractivity contribution in [2.75, 3.05) is 23.9 Å². The van der Waals surface area contributed by atoms with Crippen molar-refractivity contribution in [3.8, 4) is 24.7 Å². The molecule has 0 aromatic carbocycles. The number of nitrogens with zero attached hydrogens (tertiary/aromatic N) is 3. The molecule has 0 bridgehead atoms. The van der Waals surface area contributed by atoms with Crippen LogP contribution in [0.4, 0.5) is 11.6 Å². The van der Waals surface area contributed by atoms with Crippen molar-refractivity contribution in [1.82, 2.24) is 4.98 Å². The van der Waals surface area contributed by atoms with Gasteiger partial charge in [0.1, 0.15) is 11.6 Å². The van der Waals surface area contributed by atoms with Crippen LogP contribution in [0.2, 0.25) is 0 Å². The summed E-state index contributed by atoms with van der Waals surface area (Å²) in [4.78, 5) is 31.6. The Morgan fingerprint density at radius 2 is 1.38 bits per heavy atom. The van der Waals surface area contributed by atoms with E-state index in [-0.39, 0.29) is 11.8 Å². The van der Waals surface area contributed by atoms with Crippen LogP contribution in [-0.2, 0) is 9.59 Å². The molecule has 1 aromatic heterocycles. The number of anilines is 2. The van der Waals surface area contributed by atoms with E-state index in [1.165, 1.54) is 9.80 Å². The third-order valence-corrected chi connectivity index (χ3v) is 3.58. The van der Waals surface area contributed by atoms with Crippen LogP contribution in [0.1, 0.15) is 38.5 Å². The monoisotopic (exact) mass is 325 g/mol. The molecule has 0 radical (unpaired) electrons. The minimum absolute atomic E-state index is 0.0575. The van der Waals surface area contributed by atoms with Gasteiger partial charge >= 0.3 is 0 Å². The van der Waals surface area contributed by atoms with E-state index >= 15 is 0 Å². The third kappa shape index (κ3) is 5.78. The molecule has 0 fully saturated rings. The Morgan fingerprint density at radius 1 is 0.958 bits per heavy atom. The minimum Gasteiger partial charge on any atom is -0.300 e. The van der Waals surface area contributed by atoms with Crippen LogP contribution in [0.3, 0.4) is 0 Å². The number of hydrogen-bond donors (Lipinski definition) is 0. The van der Waals surface area contributed by atoms with Gasteiger partial charge in [-0.3, -0.25) is 19.4 Å². The standard InChI is InChI=1S/C19H23N3O2/c1-5-7-9-14-18(23)21(3)16-12-11-13-17(20-16)22(4)19(24)15-10-8-6-2/h1-2,11-13H,7-10,14-15H2,3-4H3. The summed E-state index contributed by atoms with van der Waals surface area (Å²) < 4.78 is 0. The van der Waals surface area contributed by atoms with Crippen molar-refractivity contribution in [2.45, 2.75) is 38.5 Å². The summed E-state index contributed by atoms with van der Waals surface area (Å²) in [6.45, 7) is 0. The highest BCUT2D eigenvalue weighted by Gasteiger charge is 2.15. The Kier molecular flexibility index (Phi) is 8.08. The Balaban J connectivity index is 2.75. The number of hydrogen-bond acceptors (Lipinski definition) is 3. The number of carbonyl (C=O) groups excluding carboxylic acids is 2. The molecule has 0 unspecified atom stereocenters. The lowest BCUT2D eigenvalue weighted by Gasteiger charge is -2.20. The summed E-state index contributed by atoms with van der Waals surface area (Å²) in [5.41, 5.74) is 0. The second-order valence-corrected chi connectivity index (χ2v) is 5.37. The number of amides is 2. The molecular formula is C19H23N3O2. The average Bonchev–Trinajstić information content (AvgIpc) is 2.60. The van der Waals surface area contributed by atoms with Gasteiger partial charge in [0, 0.05) is 39.8 Å². The van der Waals surface area contributed by atoms with Gasteiger partial charge in [-0.1, -0.05) is 6.07 Å². The van der Waals surface area contributed by atoms with E-state index in [9.17, 15) is 9.59 Å². The Bertz CT molecular complexity index is 602. The van der Waals surface area contributed by atoms with Crippen LogP contribution < -0.4 is 9.80 Å². The van der Waals surface area contributed by atoms with Crippen molar-refractivity contribution < 1.29 is 9.59 Å². The molecule has 0 spiro atoms. The van der Waals surface area contributed by atoms with Crippen molar-refractivity contribution in [2.24, 2.45) is 0 Å². The number of rotatable bonds is 8. The van der Waals surface area contributed by atoms with Crippen molar-refractivity contribution in [1.29, 1.82) is 0 Å². The fraction of sp³-hybridized carbons (Fsp3) is 0.421. The third-order valence-electron chi connectivity index (χ3n) is 3.58. The molecule has 0 aliphatic rings. The number of unbranched alkanes of at least 4 members (excludes halogenated alkanes) is 2. The molecule has 0 aliphatic heterocycles. The first-order valence-electron chi connectivity index (χ1n) is 7.88. The fourth-order valence-electron chi connectivity index (χ4n) is 2.06. The van der Waals surface area contributed by atoms with E-state index in [0.29, 0.717) is 50.2 Å². The normalized spacial score (nSPS) is 9.67. The summed E-state index contributed by atoms with van der Waals surface area (Å²) >= 11 is 0. The molecule has 5 nitrogen and oxygen atoms in total. The number of carbonyl (C=O) groups is 2. The van der Waals surface area contributed by atoms with Crippen molar-refractivity contribution >= 4 is 23.5 Å². The van der Waals surface area contributed by atoms with Crippen LogP contribution in [-0.4, -0.2) is 30.9 Å². The maximum atomic E-state index is 12.1. The second kappa shape index (κ2) is 10.1. The van der Waals surface area contributed by atoms with Gasteiger partial charge in [-0.2, -0.15) is 0 Å². The molecule has 0 saturated carbocycles. The Labute approximate surface area is 144 Å². The van der Waals surface area contributed by atoms with Crippen LogP contribution in [0.5, 0.6) is 0 Å². The lowest BCUT2D eigenvalue weighted by Crippen LogP contribution is -2.29. The zero-order valence-corrected chi connectivity index (χ0v) is 14.3. The smallest absolute Gasteiger partial charge is 0.227 e. The quantitative estimate of drug-likeness (QED) is 0.545. The van der Waals surface area contributed by atoms with E-state index in [1.54, 1.807) is 32.3 Å². The zero-order chi connectivity index (χ0) is 17.9. The van der Waals surface area contributed by atoms with E-state index in [4.69, 9.17) is 12.8 Å². The van der Waals surface area contributed by atoms with Crippen LogP contribution in [0.15, 0.2) is 18.2 Å². The molecule has 1 aromatic rings. The van der Waals surface area contributed by atoms with Gasteiger partial charge in [0.15, 0.2) is 0 Å². The summed E-state index contributed by atoms with van der Waals surface area (Å²) in [7, 11) is 3.33. The van der Waals surface area contributed by atoms with E-state index in [0.717, 1.165) is 0 Å². The number of aromatic nitrogens is 1. The molecule has 5 heteroatoms. The van der Waals surface area contributed by atoms with Gasteiger partial charge < -0.3 is 0 Å². The first kappa shape index (κ1) is 19.3. The number of pyridine rings is 1. The highest BCUT2D eigenvalue weighted by atomic mass is 16.2. The summed E-state index contributed by atoms with van der Waals surface area (Å²) in [6, 6.07) is 5.24. The molecule has 0 N–H and O–H groups in total. The maximum absolute atomic E-state index is 12.1. The van der Waals surface area contributed by atoms with Crippen LogP contribution in [0, 0.1) is 24.7 Å². The SMILES string of the molecule is C#CCCCC(=O)N(C)c1cccc(N(C)C(=O)CCCC#C)n1. The van der Waals surface area contributed by atoms with E-state index < -0.39 is 0 Å². The lowest BCUT2D eigenvalue weighted by molar-refractivity contribution is -0.119. The molecule has 1 heterocycles. The first-order chi connectivity index (χ1) is 11.5. The fourth-order valence-corrected chi connectivity index (χ4v) is 2.06. The average molecular weight is 325 g/mol. The molecule has 0 saturated heterocycles. The molecule has 0 aliphatic carbocycles. The molecular weight excluding hydrogens is 302 g/mol. The zero-order valence-electron chi connectivity index (χ0n) is 14.3. The molecule has 126 valence electrons. The topological polar surface area (TPSA) is 53.5 Å². The van der Waals surface area contributed by atoms with Gasteiger partial charge in [0.25, 0.3) is 0 Å². The summed E-state index contributed by atoms with van der Waals surface area (Å²) in [5.74, 6) is 5.92. The molecule has 2 amide bonds. The van der Waals surface area contributed by atoms with Crippen molar-refractivity contribution in [3.63, 3.8) is 0 Å². The Morgan fingerprint density at radius 3 is 1.75 bits per heavy atom. The summed E-state index contributed by atoms with van der Waals surface area (Å²) in [6.07, 6.45) is 13.6. The minimum atomic E-state index is -0.0575. The van der Waals surface area contributed by atoms with E-state index in [2.05, 4.69) is 16.8 Å². The lowest BCUT2D eigenvalue weighted by atomic mass is 10.2. The van der Waals surface area contributed by atoms with Gasteiger partial charge in [-0.05, 0) is 25.0 Å². The largest absolute Gasteiger partial charge is 0.300 e. The predicted molar refractivity (Wildman–Crippen MR) is 96.4 cm³/mol. The molecule has 0 atom stereocenters. The van der Waals surface area contributed by atoms with Gasteiger partial charge in [0.05, 0.1) is 0 Å². The maximum Gasteiger partial charge on any atom is 0.227 e. The first-order valence-corrected chi connectivity index (χ1v) is 7.88. The highest BCUT2D eigenvalue weighted by molar-refractivity contribution is 5.94. The summed E-state index contributed by atoms with van der Waals surface area (Å²) in [5, 5.41) is 0. The predicted octanol–water partition coefficient (Wildman–Crippen LogP) is 2.61. The van der Waals surface area contributed by atoms with Gasteiger partial charge in [-0.25, -0.2) is 4.98 Å². The van der Waals surface area contributed by atoms with Gasteiger partial charge in [0.2, 0.25) is 11.8 Å². The number of terminal acetylenes is 2. The van der Waals surface area contributed by atoms with Gasteiger partial charge in [-0.15, -0.1) is 24.7 Å². The second-order valence-electron chi connectivity index (χ2n) is 5.37. The molecule has 24 heavy (non-hydrogen) atoms. The van der Waals surface area contributed by atoms with Crippen molar-refractivity contribution in [3.05, 3.63) is 18.2 Å².